The van der Waals surface area contributed by atoms with E-state index in [4.69, 9.17) is 25.3 Å². The number of hydrogen-bond donors (Lipinski definition) is 5. The van der Waals surface area contributed by atoms with Crippen molar-refractivity contribution in [3.8, 4) is 6.07 Å². The number of nitrogen functional groups attached to an aromatic ring is 2. The van der Waals surface area contributed by atoms with Crippen molar-refractivity contribution in [2.24, 2.45) is 5.41 Å². The number of halogens is 1. The molecule has 15 nitrogen and oxygen atoms in total. The van der Waals surface area contributed by atoms with Gasteiger partial charge in [-0.3, -0.25) is 13.8 Å². The largest absolute Gasteiger partial charge is 0.405 e. The van der Waals surface area contributed by atoms with Crippen molar-refractivity contribution in [2.75, 3.05) is 37.0 Å². The highest BCUT2D eigenvalue weighted by molar-refractivity contribution is 8.13. The summed E-state index contributed by atoms with van der Waals surface area (Å²) in [4.78, 5) is 20.2. The SMILES string of the molecule is CC(C)(CO)C(=O)SCCOP(=O)(NCc1ccccc1)OC[C@H]1O[C@@](C#N)(c2cnc3c(N)nc(N)nn23)[C@](C)(F)[C@@H]1O. The molecule has 0 amide bonds. The second-order valence-electron chi connectivity index (χ2n) is 10.8. The van der Waals surface area contributed by atoms with Crippen LogP contribution in [0.25, 0.3) is 5.65 Å². The summed E-state index contributed by atoms with van der Waals surface area (Å²) in [5.41, 5.74) is 5.89. The first-order valence-corrected chi connectivity index (χ1v) is 15.9. The molecule has 0 aliphatic carbocycles. The Balaban J connectivity index is 1.53. The maximum Gasteiger partial charge on any atom is 0.405 e. The van der Waals surface area contributed by atoms with E-state index in [0.717, 1.165) is 35.0 Å². The molecule has 1 fully saturated rings. The standard InChI is InChI=1S/C26H34FN8O7PS/c1-24(2,15-36)22(38)44-10-9-40-43(39,32-11-16-7-5-4-6-8-16)41-13-17-19(37)25(3,27)26(14-28,42-17)18-12-31-21-20(29)33-23(30)34-35(18)21/h4-8,12,17,19,36-37H,9-11,13,15H2,1-3H3,(H,32,39)(H4,29,30,33,34)/t17-,19-,25-,26+,43?/m1/s1. The Hall–Kier alpha value is -3.20. The van der Waals surface area contributed by atoms with Gasteiger partial charge in [0, 0.05) is 12.3 Å². The van der Waals surface area contributed by atoms with E-state index in [1.807, 2.05) is 6.07 Å². The zero-order valence-corrected chi connectivity index (χ0v) is 25.9. The molecule has 238 valence electrons. The van der Waals surface area contributed by atoms with Crippen LogP contribution in [-0.2, 0) is 35.3 Å². The molecule has 0 bridgehead atoms. The van der Waals surface area contributed by atoms with Crippen molar-refractivity contribution in [2.45, 2.75) is 50.8 Å². The lowest BCUT2D eigenvalue weighted by molar-refractivity contribution is -0.119. The molecule has 7 N–H and O–H groups in total. The van der Waals surface area contributed by atoms with Gasteiger partial charge in [-0.2, -0.15) is 10.2 Å². The first-order chi connectivity index (χ1) is 20.7. The number of rotatable bonds is 13. The highest BCUT2D eigenvalue weighted by Crippen LogP contribution is 2.51. The third-order valence-corrected chi connectivity index (χ3v) is 9.84. The average Bonchev–Trinajstić information content (AvgIpc) is 3.50. The molecule has 0 saturated carbocycles. The Kier molecular flexibility index (Phi) is 9.98. The van der Waals surface area contributed by atoms with E-state index in [0.29, 0.717) is 0 Å². The number of anilines is 2. The van der Waals surface area contributed by atoms with E-state index in [1.165, 1.54) is 0 Å². The van der Waals surface area contributed by atoms with E-state index in [2.05, 4.69) is 20.2 Å². The number of carbonyl (C=O) groups excluding carboxylic acids is 1. The van der Waals surface area contributed by atoms with Crippen LogP contribution in [0.3, 0.4) is 0 Å². The van der Waals surface area contributed by atoms with Crippen LogP contribution in [0, 0.1) is 16.7 Å². The molecular formula is C26H34FN8O7PS. The monoisotopic (exact) mass is 652 g/mol. The molecule has 44 heavy (non-hydrogen) atoms. The fourth-order valence-corrected chi connectivity index (χ4v) is 6.63. The van der Waals surface area contributed by atoms with Gasteiger partial charge in [-0.05, 0) is 26.3 Å². The van der Waals surface area contributed by atoms with Crippen molar-refractivity contribution in [1.82, 2.24) is 24.7 Å². The summed E-state index contributed by atoms with van der Waals surface area (Å²) in [5, 5.41) is 37.0. The maximum atomic E-state index is 16.3. The second kappa shape index (κ2) is 13.0. The molecule has 18 heteroatoms. The van der Waals surface area contributed by atoms with Crippen LogP contribution in [-0.4, -0.2) is 78.4 Å². The lowest BCUT2D eigenvalue weighted by atomic mass is 9.82. The Morgan fingerprint density at radius 3 is 2.70 bits per heavy atom. The Morgan fingerprint density at radius 1 is 1.34 bits per heavy atom. The van der Waals surface area contributed by atoms with Crippen molar-refractivity contribution in [1.29, 1.82) is 5.26 Å². The molecule has 2 aromatic heterocycles. The number of aliphatic hydroxyl groups is 2. The van der Waals surface area contributed by atoms with Gasteiger partial charge < -0.3 is 26.4 Å². The molecule has 0 radical (unpaired) electrons. The number of carbonyl (C=O) groups is 1. The molecule has 1 aliphatic heterocycles. The number of ether oxygens (including phenoxy) is 1. The highest BCUT2D eigenvalue weighted by Gasteiger charge is 2.67. The lowest BCUT2D eigenvalue weighted by Crippen LogP contribution is -2.48. The minimum absolute atomic E-state index is 0.0147. The molecule has 5 atom stereocenters. The van der Waals surface area contributed by atoms with Crippen molar-refractivity contribution in [3.63, 3.8) is 0 Å². The van der Waals surface area contributed by atoms with Crippen molar-refractivity contribution in [3.05, 3.63) is 47.8 Å². The third-order valence-electron chi connectivity index (χ3n) is 7.10. The molecule has 3 heterocycles. The average molecular weight is 653 g/mol. The maximum absolute atomic E-state index is 16.3. The molecule has 1 aromatic carbocycles. The molecule has 1 unspecified atom stereocenters. The fraction of sp³-hybridized carbons (Fsp3) is 0.500. The zero-order valence-electron chi connectivity index (χ0n) is 24.2. The number of fused-ring (bicyclic) bond motifs is 1. The van der Waals surface area contributed by atoms with Gasteiger partial charge in [0.25, 0.3) is 0 Å². The normalized spacial score (nSPS) is 25.1. The smallest absolute Gasteiger partial charge is 0.395 e. The Bertz CT molecular complexity index is 1590. The summed E-state index contributed by atoms with van der Waals surface area (Å²) in [6.07, 6.45) is -2.34. The van der Waals surface area contributed by atoms with Crippen LogP contribution in [0.2, 0.25) is 0 Å². The molecule has 4 rings (SSSR count). The predicted octanol–water partition coefficient (Wildman–Crippen LogP) is 1.70. The number of nitrogens with zero attached hydrogens (tertiary/aromatic N) is 5. The summed E-state index contributed by atoms with van der Waals surface area (Å²) in [5.74, 6) is -0.310. The number of hydrogen-bond acceptors (Lipinski definition) is 14. The van der Waals surface area contributed by atoms with Crippen LogP contribution >= 0.6 is 19.5 Å². The third kappa shape index (κ3) is 6.58. The number of nitriles is 1. The quantitative estimate of drug-likeness (QED) is 0.131. The van der Waals surface area contributed by atoms with Crippen LogP contribution in [0.4, 0.5) is 16.2 Å². The van der Waals surface area contributed by atoms with Crippen molar-refractivity contribution >= 4 is 42.0 Å². The van der Waals surface area contributed by atoms with Gasteiger partial charge in [0.15, 0.2) is 22.2 Å². The lowest BCUT2D eigenvalue weighted by Gasteiger charge is -2.30. The van der Waals surface area contributed by atoms with Gasteiger partial charge in [0.2, 0.25) is 11.5 Å². The topological polar surface area (TPSA) is 233 Å². The van der Waals surface area contributed by atoms with Crippen LogP contribution < -0.4 is 16.6 Å². The van der Waals surface area contributed by atoms with E-state index in [1.54, 1.807) is 44.2 Å². The molecule has 1 saturated heterocycles. The predicted molar refractivity (Wildman–Crippen MR) is 158 cm³/mol. The number of alkyl halides is 1. The van der Waals surface area contributed by atoms with Gasteiger partial charge >= 0.3 is 7.75 Å². The van der Waals surface area contributed by atoms with Crippen molar-refractivity contribution < 1.29 is 37.7 Å². The van der Waals surface area contributed by atoms with Gasteiger partial charge in [0.1, 0.15) is 24.0 Å². The number of benzene rings is 1. The van der Waals surface area contributed by atoms with Crippen LogP contribution in [0.5, 0.6) is 0 Å². The van der Waals surface area contributed by atoms with E-state index >= 15 is 4.39 Å². The summed E-state index contributed by atoms with van der Waals surface area (Å²) in [7, 11) is -4.17. The zero-order chi connectivity index (χ0) is 32.3. The number of nitrogens with one attached hydrogen (secondary N) is 1. The minimum atomic E-state index is -4.17. The van der Waals surface area contributed by atoms with Gasteiger partial charge in [-0.25, -0.2) is 23.5 Å². The first-order valence-electron chi connectivity index (χ1n) is 13.4. The number of thioether (sulfide) groups is 1. The summed E-state index contributed by atoms with van der Waals surface area (Å²) < 4.78 is 48.1. The van der Waals surface area contributed by atoms with Gasteiger partial charge in [-0.15, -0.1) is 5.10 Å². The van der Waals surface area contributed by atoms with Gasteiger partial charge in [0.05, 0.1) is 31.4 Å². The number of nitrogens with two attached hydrogens (primary N) is 2. The summed E-state index contributed by atoms with van der Waals surface area (Å²) >= 11 is 0.896. The summed E-state index contributed by atoms with van der Waals surface area (Å²) in [6.45, 7) is 3.01. The highest BCUT2D eigenvalue weighted by atomic mass is 32.2. The molecule has 1 aliphatic rings. The molecule has 0 spiro atoms. The first kappa shape index (κ1) is 33.7. The summed E-state index contributed by atoms with van der Waals surface area (Å²) in [6, 6.07) is 10.7. The minimum Gasteiger partial charge on any atom is -0.395 e. The number of aromatic nitrogens is 4. The number of imidazole rings is 1. The van der Waals surface area contributed by atoms with E-state index < -0.39 is 43.2 Å². The van der Waals surface area contributed by atoms with Gasteiger partial charge in [-0.1, -0.05) is 42.1 Å². The van der Waals surface area contributed by atoms with E-state index in [-0.39, 0.29) is 53.7 Å². The van der Waals surface area contributed by atoms with Crippen LogP contribution in [0.15, 0.2) is 36.5 Å². The number of aliphatic hydroxyl groups excluding tert-OH is 2. The molecule has 3 aromatic rings. The molecular weight excluding hydrogens is 618 g/mol. The van der Waals surface area contributed by atoms with Crippen LogP contribution in [0.1, 0.15) is 32.0 Å². The second-order valence-corrected chi connectivity index (χ2v) is 13.7. The Labute approximate surface area is 256 Å². The fourth-order valence-electron chi connectivity index (χ4n) is 4.39. The van der Waals surface area contributed by atoms with E-state index in [9.17, 15) is 24.8 Å². The Morgan fingerprint density at radius 2 is 2.05 bits per heavy atom.